The molecule has 1 aromatic carbocycles. The van der Waals surface area contributed by atoms with Crippen LogP contribution in [0.2, 0.25) is 0 Å². The topological polar surface area (TPSA) is 62.2 Å². The van der Waals surface area contributed by atoms with E-state index in [2.05, 4.69) is 10.3 Å². The Morgan fingerprint density at radius 3 is 2.95 bits per heavy atom. The molecule has 0 saturated heterocycles. The minimum Gasteiger partial charge on any atom is -0.395 e. The second-order valence-corrected chi connectivity index (χ2v) is 6.75. The normalized spacial score (nSPS) is 14.4. The first-order valence-corrected chi connectivity index (χ1v) is 8.72. The van der Waals surface area contributed by atoms with Gasteiger partial charge in [0.1, 0.15) is 5.01 Å². The van der Waals surface area contributed by atoms with Crippen LogP contribution in [0.25, 0.3) is 16.3 Å². The van der Waals surface area contributed by atoms with Gasteiger partial charge in [0.05, 0.1) is 16.8 Å². The van der Waals surface area contributed by atoms with Gasteiger partial charge in [-0.3, -0.25) is 4.79 Å². The molecule has 21 heavy (non-hydrogen) atoms. The molecule has 2 N–H and O–H groups in total. The number of nitrogens with zero attached hydrogens (tertiary/aromatic N) is 1. The Balaban J connectivity index is 1.98. The Bertz CT molecular complexity index is 602. The Morgan fingerprint density at radius 2 is 2.29 bits per heavy atom. The third-order valence-corrected chi connectivity index (χ3v) is 5.26. The van der Waals surface area contributed by atoms with E-state index in [0.717, 1.165) is 15.2 Å². The van der Waals surface area contributed by atoms with E-state index < -0.39 is 0 Å². The number of hydrogen-bond acceptors (Lipinski definition) is 5. The highest BCUT2D eigenvalue weighted by molar-refractivity contribution is 7.99. The number of aromatic nitrogens is 1. The van der Waals surface area contributed by atoms with Crippen LogP contribution in [0.15, 0.2) is 30.3 Å². The molecule has 2 aromatic rings. The average molecular weight is 322 g/mol. The summed E-state index contributed by atoms with van der Waals surface area (Å²) < 4.78 is 1.11. The van der Waals surface area contributed by atoms with Crippen molar-refractivity contribution in [1.29, 1.82) is 0 Å². The zero-order chi connectivity index (χ0) is 15.2. The van der Waals surface area contributed by atoms with Gasteiger partial charge >= 0.3 is 0 Å². The maximum atomic E-state index is 11.9. The Labute approximate surface area is 132 Å². The van der Waals surface area contributed by atoms with Gasteiger partial charge in [0.2, 0.25) is 5.91 Å². The van der Waals surface area contributed by atoms with Gasteiger partial charge in [0.15, 0.2) is 0 Å². The summed E-state index contributed by atoms with van der Waals surface area (Å²) in [4.78, 5) is 16.3. The molecule has 6 heteroatoms. The van der Waals surface area contributed by atoms with Crippen LogP contribution in [0.3, 0.4) is 0 Å². The summed E-state index contributed by atoms with van der Waals surface area (Å²) >= 11 is 3.09. The quantitative estimate of drug-likeness (QED) is 0.802. The molecule has 0 radical (unpaired) electrons. The molecule has 0 saturated carbocycles. The molecular formula is C15H18N2O2S2. The summed E-state index contributed by atoms with van der Waals surface area (Å²) in [5, 5.41) is 12.9. The van der Waals surface area contributed by atoms with Gasteiger partial charge in [-0.05, 0) is 31.4 Å². The summed E-state index contributed by atoms with van der Waals surface area (Å²) in [6.07, 6.45) is 5.13. The highest BCUT2D eigenvalue weighted by Gasteiger charge is 2.16. The molecule has 0 bridgehead atoms. The predicted molar refractivity (Wildman–Crippen MR) is 90.6 cm³/mol. The lowest BCUT2D eigenvalue weighted by molar-refractivity contribution is -0.117. The summed E-state index contributed by atoms with van der Waals surface area (Å²) in [6.45, 7) is 1.94. The number of thiazole rings is 1. The van der Waals surface area contributed by atoms with E-state index in [1.807, 2.05) is 37.4 Å². The molecule has 0 aliphatic rings. The van der Waals surface area contributed by atoms with Crippen LogP contribution in [0.1, 0.15) is 11.9 Å². The van der Waals surface area contributed by atoms with E-state index in [1.165, 1.54) is 17.8 Å². The number of carbonyl (C=O) groups excluding carboxylic acids is 1. The lowest BCUT2D eigenvalue weighted by Crippen LogP contribution is -2.40. The molecule has 2 unspecified atom stereocenters. The molecular weight excluding hydrogens is 304 g/mol. The SMILES string of the molecule is CSC(CO)C(C)NC(=O)/C=C/c1nc2ccccc2s1. The lowest BCUT2D eigenvalue weighted by Gasteiger charge is -2.20. The minimum absolute atomic E-state index is 0.00445. The fourth-order valence-electron chi connectivity index (χ4n) is 1.91. The first kappa shape index (κ1) is 16.0. The first-order valence-electron chi connectivity index (χ1n) is 6.62. The first-order chi connectivity index (χ1) is 10.1. The van der Waals surface area contributed by atoms with Crippen LogP contribution in [0.4, 0.5) is 0 Å². The molecule has 2 atom stereocenters. The van der Waals surface area contributed by atoms with Crippen molar-refractivity contribution >= 4 is 45.3 Å². The predicted octanol–water partition coefficient (Wildman–Crippen LogP) is 2.54. The number of aliphatic hydroxyl groups is 1. The van der Waals surface area contributed by atoms with Crippen LogP contribution >= 0.6 is 23.1 Å². The lowest BCUT2D eigenvalue weighted by atomic mass is 10.2. The number of aliphatic hydroxyl groups excluding tert-OH is 1. The van der Waals surface area contributed by atoms with Gasteiger partial charge in [0.25, 0.3) is 0 Å². The standard InChI is InChI=1S/C15H18N2O2S2/c1-10(13(9-18)20-2)16-14(19)7-8-15-17-11-5-3-4-6-12(11)21-15/h3-8,10,13,18H,9H2,1-2H3,(H,16,19)/b8-7+. The van der Waals surface area contributed by atoms with Crippen molar-refractivity contribution in [2.75, 3.05) is 12.9 Å². The summed E-state index contributed by atoms with van der Waals surface area (Å²) in [5.74, 6) is -0.172. The highest BCUT2D eigenvalue weighted by Crippen LogP contribution is 2.22. The van der Waals surface area contributed by atoms with Crippen molar-refractivity contribution in [3.05, 3.63) is 35.3 Å². The number of para-hydroxylation sites is 1. The molecule has 0 fully saturated rings. The van der Waals surface area contributed by atoms with E-state index in [-0.39, 0.29) is 23.8 Å². The van der Waals surface area contributed by atoms with E-state index in [1.54, 1.807) is 17.4 Å². The zero-order valence-corrected chi connectivity index (χ0v) is 13.6. The average Bonchev–Trinajstić information content (AvgIpc) is 2.89. The van der Waals surface area contributed by atoms with Crippen molar-refractivity contribution in [2.24, 2.45) is 0 Å². The van der Waals surface area contributed by atoms with Crippen molar-refractivity contribution in [3.8, 4) is 0 Å². The maximum Gasteiger partial charge on any atom is 0.244 e. The van der Waals surface area contributed by atoms with Crippen molar-refractivity contribution in [2.45, 2.75) is 18.2 Å². The van der Waals surface area contributed by atoms with E-state index >= 15 is 0 Å². The number of hydrogen-bond donors (Lipinski definition) is 2. The fraction of sp³-hybridized carbons (Fsp3) is 0.333. The van der Waals surface area contributed by atoms with Crippen LogP contribution in [0, 0.1) is 0 Å². The van der Waals surface area contributed by atoms with Crippen LogP contribution in [-0.4, -0.2) is 40.2 Å². The summed E-state index contributed by atoms with van der Waals surface area (Å²) in [6, 6.07) is 7.80. The zero-order valence-electron chi connectivity index (χ0n) is 11.9. The van der Waals surface area contributed by atoms with E-state index in [0.29, 0.717) is 0 Å². The van der Waals surface area contributed by atoms with Gasteiger partial charge in [-0.25, -0.2) is 4.98 Å². The molecule has 112 valence electrons. The van der Waals surface area contributed by atoms with Crippen LogP contribution in [0.5, 0.6) is 0 Å². The number of nitrogens with one attached hydrogen (secondary N) is 1. The Hall–Kier alpha value is -1.37. The second kappa shape index (κ2) is 7.59. The smallest absolute Gasteiger partial charge is 0.244 e. The van der Waals surface area contributed by atoms with Crippen LogP contribution in [-0.2, 0) is 4.79 Å². The van der Waals surface area contributed by atoms with Gasteiger partial charge in [-0.2, -0.15) is 11.8 Å². The monoisotopic (exact) mass is 322 g/mol. The molecule has 1 heterocycles. The largest absolute Gasteiger partial charge is 0.395 e. The molecule has 1 aromatic heterocycles. The van der Waals surface area contributed by atoms with Gasteiger partial charge in [-0.1, -0.05) is 12.1 Å². The third kappa shape index (κ3) is 4.30. The number of fused-ring (bicyclic) bond motifs is 1. The number of thioether (sulfide) groups is 1. The number of amides is 1. The van der Waals surface area contributed by atoms with Crippen molar-refractivity contribution < 1.29 is 9.90 Å². The fourth-order valence-corrected chi connectivity index (χ4v) is 3.41. The molecule has 0 spiro atoms. The number of rotatable bonds is 6. The van der Waals surface area contributed by atoms with Crippen molar-refractivity contribution in [3.63, 3.8) is 0 Å². The van der Waals surface area contributed by atoms with Gasteiger partial charge in [0, 0.05) is 17.4 Å². The minimum atomic E-state index is -0.172. The van der Waals surface area contributed by atoms with Crippen LogP contribution < -0.4 is 5.32 Å². The maximum absolute atomic E-state index is 11.9. The molecule has 0 aliphatic heterocycles. The summed E-state index contributed by atoms with van der Waals surface area (Å²) in [5.41, 5.74) is 0.943. The molecule has 1 amide bonds. The third-order valence-electron chi connectivity index (χ3n) is 3.10. The van der Waals surface area contributed by atoms with Crippen molar-refractivity contribution in [1.82, 2.24) is 10.3 Å². The summed E-state index contributed by atoms with van der Waals surface area (Å²) in [7, 11) is 0. The van der Waals surface area contributed by atoms with E-state index in [9.17, 15) is 9.90 Å². The van der Waals surface area contributed by atoms with E-state index in [4.69, 9.17) is 0 Å². The number of benzene rings is 1. The molecule has 4 nitrogen and oxygen atoms in total. The molecule has 2 rings (SSSR count). The molecule has 0 aliphatic carbocycles. The Morgan fingerprint density at radius 1 is 1.52 bits per heavy atom. The second-order valence-electron chi connectivity index (χ2n) is 4.61. The highest BCUT2D eigenvalue weighted by atomic mass is 32.2. The van der Waals surface area contributed by atoms with Gasteiger partial charge < -0.3 is 10.4 Å². The Kier molecular flexibility index (Phi) is 5.78. The van der Waals surface area contributed by atoms with Gasteiger partial charge in [-0.15, -0.1) is 11.3 Å². The number of carbonyl (C=O) groups is 1.